The lowest BCUT2D eigenvalue weighted by molar-refractivity contribution is 0.890. The lowest BCUT2D eigenvalue weighted by atomic mass is 9.88. The number of hydrogen-bond donors (Lipinski definition) is 1. The quantitative estimate of drug-likeness (QED) is 0.595. The van der Waals surface area contributed by atoms with E-state index in [0.29, 0.717) is 11.2 Å². The molecule has 2 aliphatic rings. The van der Waals surface area contributed by atoms with Crippen molar-refractivity contribution in [2.75, 3.05) is 5.32 Å². The molecule has 0 saturated heterocycles. The zero-order valence-corrected chi connectivity index (χ0v) is 14.0. The summed E-state index contributed by atoms with van der Waals surface area (Å²) in [6, 6.07) is 21.5. The second kappa shape index (κ2) is 5.57. The average Bonchev–Trinajstić information content (AvgIpc) is 3.01. The van der Waals surface area contributed by atoms with Crippen molar-refractivity contribution in [1.29, 1.82) is 0 Å². The molecule has 116 valence electrons. The Morgan fingerprint density at radius 1 is 0.792 bits per heavy atom. The third-order valence-corrected chi connectivity index (χ3v) is 6.10. The number of nitrogens with one attached hydrogen (secondary N) is 1. The first-order valence-corrected chi connectivity index (χ1v) is 9.17. The number of fused-ring (bicyclic) bond motifs is 5. The number of rotatable bonds is 2. The Morgan fingerprint density at radius 3 is 2.42 bits per heavy atom. The van der Waals surface area contributed by atoms with Gasteiger partial charge in [0.25, 0.3) is 0 Å². The van der Waals surface area contributed by atoms with Crippen molar-refractivity contribution in [2.24, 2.45) is 0 Å². The predicted octanol–water partition coefficient (Wildman–Crippen LogP) is 6.27. The minimum absolute atomic E-state index is 0.491. The maximum atomic E-state index is 3.61. The van der Waals surface area contributed by atoms with Gasteiger partial charge in [-0.1, -0.05) is 66.8 Å². The number of thioether (sulfide) groups is 1. The Bertz CT molecular complexity index is 972. The Hall–Kier alpha value is -2.45. The van der Waals surface area contributed by atoms with Crippen molar-refractivity contribution in [1.82, 2.24) is 0 Å². The summed E-state index contributed by atoms with van der Waals surface area (Å²) in [6.07, 6.45) is 9.03. The van der Waals surface area contributed by atoms with Crippen LogP contribution >= 0.6 is 11.8 Å². The molecule has 0 saturated carbocycles. The van der Waals surface area contributed by atoms with Gasteiger partial charge in [0, 0.05) is 32.8 Å². The van der Waals surface area contributed by atoms with Crippen LogP contribution in [0, 0.1) is 0 Å². The largest absolute Gasteiger partial charge is 0.355 e. The Labute approximate surface area is 146 Å². The molecule has 3 aromatic carbocycles. The van der Waals surface area contributed by atoms with E-state index < -0.39 is 0 Å². The SMILES string of the molecule is C1=CC2Sc3cc(Nc4ccccc4)c4ccccc4c3C2C=C1. The van der Waals surface area contributed by atoms with Gasteiger partial charge < -0.3 is 5.32 Å². The third-order valence-electron chi connectivity index (χ3n) is 4.78. The lowest BCUT2D eigenvalue weighted by Gasteiger charge is -2.17. The topological polar surface area (TPSA) is 12.0 Å². The molecular weight excluding hydrogens is 310 g/mol. The van der Waals surface area contributed by atoms with Gasteiger partial charge in [-0.25, -0.2) is 0 Å². The second-order valence-corrected chi connectivity index (χ2v) is 7.47. The summed E-state index contributed by atoms with van der Waals surface area (Å²) in [5, 5.41) is 6.80. The zero-order chi connectivity index (χ0) is 15.9. The molecule has 2 heteroatoms. The molecule has 1 aliphatic heterocycles. The molecule has 0 aromatic heterocycles. The molecule has 2 unspecified atom stereocenters. The Morgan fingerprint density at radius 2 is 1.54 bits per heavy atom. The van der Waals surface area contributed by atoms with E-state index in [1.165, 1.54) is 26.9 Å². The molecule has 0 fully saturated rings. The first-order chi connectivity index (χ1) is 11.9. The van der Waals surface area contributed by atoms with Crippen molar-refractivity contribution < 1.29 is 0 Å². The van der Waals surface area contributed by atoms with E-state index in [9.17, 15) is 0 Å². The highest BCUT2D eigenvalue weighted by molar-refractivity contribution is 8.00. The molecule has 1 N–H and O–H groups in total. The molecule has 24 heavy (non-hydrogen) atoms. The summed E-state index contributed by atoms with van der Waals surface area (Å²) in [5.74, 6) is 0.491. The summed E-state index contributed by atoms with van der Waals surface area (Å²) in [4.78, 5) is 1.40. The van der Waals surface area contributed by atoms with Crippen LogP contribution in [0.5, 0.6) is 0 Å². The summed E-state index contributed by atoms with van der Waals surface area (Å²) in [5.41, 5.74) is 3.80. The molecule has 0 radical (unpaired) electrons. The second-order valence-electron chi connectivity index (χ2n) is 6.25. The van der Waals surface area contributed by atoms with Gasteiger partial charge in [-0.3, -0.25) is 0 Å². The van der Waals surface area contributed by atoms with Crippen molar-refractivity contribution in [2.45, 2.75) is 16.1 Å². The average molecular weight is 327 g/mol. The van der Waals surface area contributed by atoms with Crippen LogP contribution in [0.1, 0.15) is 11.5 Å². The highest BCUT2D eigenvalue weighted by atomic mass is 32.2. The standard InChI is InChI=1S/C22H17NS/c1-2-8-15(9-3-1)23-19-14-21-22(17-11-5-4-10-16(17)19)18-12-6-7-13-20(18)24-21/h1-14,18,20,23H. The van der Waals surface area contributed by atoms with Crippen LogP contribution in [-0.4, -0.2) is 5.25 Å². The summed E-state index contributed by atoms with van der Waals surface area (Å²) < 4.78 is 0. The summed E-state index contributed by atoms with van der Waals surface area (Å²) in [6.45, 7) is 0. The molecule has 1 aliphatic carbocycles. The molecule has 5 rings (SSSR count). The highest BCUT2D eigenvalue weighted by Gasteiger charge is 2.33. The van der Waals surface area contributed by atoms with Gasteiger partial charge in [-0.05, 0) is 29.1 Å². The fourth-order valence-electron chi connectivity index (χ4n) is 3.70. The van der Waals surface area contributed by atoms with Crippen molar-refractivity contribution in [3.8, 4) is 0 Å². The van der Waals surface area contributed by atoms with E-state index in [0.717, 1.165) is 5.69 Å². The molecule has 0 amide bonds. The molecule has 1 heterocycles. The minimum Gasteiger partial charge on any atom is -0.355 e. The van der Waals surface area contributed by atoms with Crippen molar-refractivity contribution in [3.05, 3.63) is 90.5 Å². The molecule has 0 spiro atoms. The van der Waals surface area contributed by atoms with Crippen LogP contribution in [-0.2, 0) is 0 Å². The molecular formula is C22H17NS. The van der Waals surface area contributed by atoms with Crippen molar-refractivity contribution >= 4 is 33.9 Å². The lowest BCUT2D eigenvalue weighted by Crippen LogP contribution is -2.07. The smallest absolute Gasteiger partial charge is 0.0475 e. The van der Waals surface area contributed by atoms with Crippen LogP contribution in [0.4, 0.5) is 11.4 Å². The fourth-order valence-corrected chi connectivity index (χ4v) is 5.10. The van der Waals surface area contributed by atoms with Gasteiger partial charge in [0.05, 0.1) is 0 Å². The van der Waals surface area contributed by atoms with Gasteiger partial charge in [0.1, 0.15) is 0 Å². The number of benzene rings is 3. The minimum atomic E-state index is 0.491. The van der Waals surface area contributed by atoms with Crippen LogP contribution in [0.2, 0.25) is 0 Å². The highest BCUT2D eigenvalue weighted by Crippen LogP contribution is 2.52. The van der Waals surface area contributed by atoms with Gasteiger partial charge >= 0.3 is 0 Å². The number of para-hydroxylation sites is 1. The normalized spacial score (nSPS) is 20.8. The summed E-state index contributed by atoms with van der Waals surface area (Å²) >= 11 is 1.98. The number of anilines is 2. The fraction of sp³-hybridized carbons (Fsp3) is 0.0909. The Kier molecular flexibility index (Phi) is 3.24. The van der Waals surface area contributed by atoms with Crippen LogP contribution < -0.4 is 5.32 Å². The molecule has 1 nitrogen and oxygen atoms in total. The maximum absolute atomic E-state index is 3.61. The van der Waals surface area contributed by atoms with E-state index >= 15 is 0 Å². The van der Waals surface area contributed by atoms with E-state index in [1.807, 2.05) is 17.8 Å². The third kappa shape index (κ3) is 2.18. The molecule has 2 atom stereocenters. The predicted molar refractivity (Wildman–Crippen MR) is 104 cm³/mol. The molecule has 3 aromatic rings. The van der Waals surface area contributed by atoms with Crippen LogP contribution in [0.15, 0.2) is 89.9 Å². The van der Waals surface area contributed by atoms with Crippen LogP contribution in [0.3, 0.4) is 0 Å². The first-order valence-electron chi connectivity index (χ1n) is 8.29. The number of hydrogen-bond acceptors (Lipinski definition) is 2. The van der Waals surface area contributed by atoms with Crippen LogP contribution in [0.25, 0.3) is 10.8 Å². The first kappa shape index (κ1) is 13.9. The van der Waals surface area contributed by atoms with Crippen molar-refractivity contribution in [3.63, 3.8) is 0 Å². The monoisotopic (exact) mass is 327 g/mol. The summed E-state index contributed by atoms with van der Waals surface area (Å²) in [7, 11) is 0. The van der Waals surface area contributed by atoms with Gasteiger partial charge in [-0.15, -0.1) is 11.8 Å². The Balaban J connectivity index is 1.70. The van der Waals surface area contributed by atoms with E-state index in [-0.39, 0.29) is 0 Å². The van der Waals surface area contributed by atoms with Gasteiger partial charge in [-0.2, -0.15) is 0 Å². The zero-order valence-electron chi connectivity index (χ0n) is 13.1. The van der Waals surface area contributed by atoms with Gasteiger partial charge in [0.15, 0.2) is 0 Å². The molecule has 0 bridgehead atoms. The van der Waals surface area contributed by atoms with E-state index in [1.54, 1.807) is 0 Å². The van der Waals surface area contributed by atoms with E-state index in [4.69, 9.17) is 0 Å². The van der Waals surface area contributed by atoms with E-state index in [2.05, 4.69) is 84.2 Å². The number of allylic oxidation sites excluding steroid dienone is 3. The van der Waals surface area contributed by atoms with Gasteiger partial charge in [0.2, 0.25) is 0 Å². The maximum Gasteiger partial charge on any atom is 0.0475 e.